The molecule has 0 saturated carbocycles. The molecule has 3 aromatic rings. The Kier molecular flexibility index (Phi) is 4.70. The van der Waals surface area contributed by atoms with Crippen molar-refractivity contribution in [3.8, 4) is 0 Å². The van der Waals surface area contributed by atoms with Gasteiger partial charge in [-0.25, -0.2) is 18.7 Å². The fourth-order valence-corrected chi connectivity index (χ4v) is 3.53. The number of anilines is 1. The molecule has 0 bridgehead atoms. The molecule has 0 unspecified atom stereocenters. The summed E-state index contributed by atoms with van der Waals surface area (Å²) in [5, 5.41) is 0.904. The second-order valence-corrected chi connectivity index (χ2v) is 6.74. The van der Waals surface area contributed by atoms with Crippen LogP contribution in [0.25, 0.3) is 10.9 Å². The van der Waals surface area contributed by atoms with Crippen LogP contribution in [0.2, 0.25) is 5.02 Å². The van der Waals surface area contributed by atoms with Crippen LogP contribution in [0.3, 0.4) is 0 Å². The Bertz CT molecular complexity index is 937. The fraction of sp³-hybridized carbons (Fsp3) is 0.263. The second kappa shape index (κ2) is 7.13. The molecule has 2 heterocycles. The van der Waals surface area contributed by atoms with Gasteiger partial charge in [-0.3, -0.25) is 4.90 Å². The lowest BCUT2D eigenvalue weighted by atomic mass is 10.1. The first kappa shape index (κ1) is 17.1. The minimum Gasteiger partial charge on any atom is -0.353 e. The van der Waals surface area contributed by atoms with Gasteiger partial charge in [0.15, 0.2) is 0 Å². The van der Waals surface area contributed by atoms with E-state index in [0.29, 0.717) is 28.3 Å². The lowest BCUT2D eigenvalue weighted by molar-refractivity contribution is 0.249. The van der Waals surface area contributed by atoms with Gasteiger partial charge < -0.3 is 4.90 Å². The minimum absolute atomic E-state index is 0.307. The zero-order chi connectivity index (χ0) is 18.1. The van der Waals surface area contributed by atoms with Crippen molar-refractivity contribution < 1.29 is 8.78 Å². The molecule has 134 valence electrons. The summed E-state index contributed by atoms with van der Waals surface area (Å²) in [5.74, 6) is -0.00702. The Morgan fingerprint density at radius 3 is 2.58 bits per heavy atom. The van der Waals surface area contributed by atoms with Gasteiger partial charge in [0.25, 0.3) is 0 Å². The summed E-state index contributed by atoms with van der Waals surface area (Å²) in [6, 6.07) is 9.35. The number of benzene rings is 2. The van der Waals surface area contributed by atoms with Crippen LogP contribution in [0, 0.1) is 11.6 Å². The number of piperazine rings is 1. The Labute approximate surface area is 155 Å². The summed E-state index contributed by atoms with van der Waals surface area (Å²) in [6.07, 6.45) is 1.47. The van der Waals surface area contributed by atoms with E-state index in [9.17, 15) is 8.78 Å². The molecule has 7 heteroatoms. The summed E-state index contributed by atoms with van der Waals surface area (Å²) in [4.78, 5) is 12.8. The van der Waals surface area contributed by atoms with E-state index in [1.807, 2.05) is 0 Å². The number of aromatic nitrogens is 2. The highest BCUT2D eigenvalue weighted by molar-refractivity contribution is 6.31. The van der Waals surface area contributed by atoms with Crippen LogP contribution >= 0.6 is 11.6 Å². The first-order valence-electron chi connectivity index (χ1n) is 8.42. The maximum atomic E-state index is 14.3. The monoisotopic (exact) mass is 374 g/mol. The number of halogens is 3. The van der Waals surface area contributed by atoms with Gasteiger partial charge in [-0.15, -0.1) is 0 Å². The van der Waals surface area contributed by atoms with Gasteiger partial charge in [0, 0.05) is 37.7 Å². The SMILES string of the molecule is Fc1ccc(CN2CCN(c3ncnc4cccc(F)c34)CC2)c(Cl)c1. The maximum Gasteiger partial charge on any atom is 0.142 e. The number of fused-ring (bicyclic) bond motifs is 1. The van der Waals surface area contributed by atoms with E-state index in [4.69, 9.17) is 11.6 Å². The third kappa shape index (κ3) is 3.34. The maximum absolute atomic E-state index is 14.3. The van der Waals surface area contributed by atoms with Crippen molar-refractivity contribution in [3.63, 3.8) is 0 Å². The van der Waals surface area contributed by atoms with Crippen LogP contribution in [-0.2, 0) is 6.54 Å². The molecule has 2 aromatic carbocycles. The molecule has 26 heavy (non-hydrogen) atoms. The number of hydrogen-bond acceptors (Lipinski definition) is 4. The van der Waals surface area contributed by atoms with Crippen LogP contribution in [0.15, 0.2) is 42.7 Å². The summed E-state index contributed by atoms with van der Waals surface area (Å²) in [6.45, 7) is 3.67. The van der Waals surface area contributed by atoms with Crippen LogP contribution in [0.5, 0.6) is 0 Å². The smallest absolute Gasteiger partial charge is 0.142 e. The van der Waals surface area contributed by atoms with Crippen LogP contribution < -0.4 is 4.90 Å². The largest absolute Gasteiger partial charge is 0.353 e. The van der Waals surface area contributed by atoms with Gasteiger partial charge in [0.05, 0.1) is 10.9 Å². The van der Waals surface area contributed by atoms with Gasteiger partial charge in [0.1, 0.15) is 23.8 Å². The van der Waals surface area contributed by atoms with Gasteiger partial charge >= 0.3 is 0 Å². The van der Waals surface area contributed by atoms with Crippen molar-refractivity contribution in [2.45, 2.75) is 6.54 Å². The van der Waals surface area contributed by atoms with Gasteiger partial charge in [0.2, 0.25) is 0 Å². The van der Waals surface area contributed by atoms with Crippen molar-refractivity contribution in [3.05, 3.63) is 64.9 Å². The first-order valence-corrected chi connectivity index (χ1v) is 8.80. The van der Waals surface area contributed by atoms with Crippen molar-refractivity contribution in [1.82, 2.24) is 14.9 Å². The van der Waals surface area contributed by atoms with Crippen LogP contribution in [0.4, 0.5) is 14.6 Å². The summed E-state index contributed by atoms with van der Waals surface area (Å²) < 4.78 is 27.5. The normalized spacial score (nSPS) is 15.6. The average Bonchev–Trinajstić information content (AvgIpc) is 2.64. The standard InChI is InChI=1S/C19H17ClF2N4/c20-15-10-14(21)5-4-13(15)11-25-6-8-26(9-7-25)19-18-16(22)2-1-3-17(18)23-12-24-19/h1-5,10,12H,6-9,11H2. The topological polar surface area (TPSA) is 32.3 Å². The Hall–Kier alpha value is -2.31. The highest BCUT2D eigenvalue weighted by atomic mass is 35.5. The molecular weight excluding hydrogens is 358 g/mol. The lowest BCUT2D eigenvalue weighted by Gasteiger charge is -2.35. The van der Waals surface area contributed by atoms with Crippen molar-refractivity contribution >= 4 is 28.3 Å². The zero-order valence-electron chi connectivity index (χ0n) is 14.0. The highest BCUT2D eigenvalue weighted by Gasteiger charge is 2.21. The van der Waals surface area contributed by atoms with E-state index in [-0.39, 0.29) is 11.6 Å². The van der Waals surface area contributed by atoms with E-state index in [0.717, 1.165) is 31.7 Å². The third-order valence-corrected chi connectivity index (χ3v) is 5.02. The van der Waals surface area contributed by atoms with Crippen molar-refractivity contribution in [2.24, 2.45) is 0 Å². The Balaban J connectivity index is 1.49. The molecule has 1 aliphatic rings. The molecular formula is C19H17ClF2N4. The molecule has 0 aliphatic carbocycles. The van der Waals surface area contributed by atoms with E-state index >= 15 is 0 Å². The molecule has 1 aromatic heterocycles. The third-order valence-electron chi connectivity index (χ3n) is 4.67. The first-order chi connectivity index (χ1) is 12.6. The molecule has 0 spiro atoms. The molecule has 0 atom stereocenters. The van der Waals surface area contributed by atoms with Crippen molar-refractivity contribution in [2.75, 3.05) is 31.1 Å². The van der Waals surface area contributed by atoms with Crippen molar-refractivity contribution in [1.29, 1.82) is 0 Å². The molecule has 1 saturated heterocycles. The summed E-state index contributed by atoms with van der Waals surface area (Å²) >= 11 is 6.12. The molecule has 4 nitrogen and oxygen atoms in total. The predicted molar refractivity (Wildman–Crippen MR) is 98.4 cm³/mol. The molecule has 0 radical (unpaired) electrons. The molecule has 4 rings (SSSR count). The van der Waals surface area contributed by atoms with Gasteiger partial charge in [-0.05, 0) is 29.8 Å². The van der Waals surface area contributed by atoms with Gasteiger partial charge in [-0.2, -0.15) is 0 Å². The van der Waals surface area contributed by atoms with Gasteiger partial charge in [-0.1, -0.05) is 23.7 Å². The highest BCUT2D eigenvalue weighted by Crippen LogP contribution is 2.27. The molecule has 1 aliphatic heterocycles. The van der Waals surface area contributed by atoms with E-state index in [1.54, 1.807) is 18.2 Å². The van der Waals surface area contributed by atoms with E-state index < -0.39 is 0 Å². The zero-order valence-corrected chi connectivity index (χ0v) is 14.8. The Morgan fingerprint density at radius 2 is 1.81 bits per heavy atom. The van der Waals surface area contributed by atoms with Crippen LogP contribution in [0.1, 0.15) is 5.56 Å². The number of rotatable bonds is 3. The lowest BCUT2D eigenvalue weighted by Crippen LogP contribution is -2.46. The fourth-order valence-electron chi connectivity index (χ4n) is 3.30. The number of nitrogens with zero attached hydrogens (tertiary/aromatic N) is 4. The molecule has 0 N–H and O–H groups in total. The van der Waals surface area contributed by atoms with E-state index in [1.165, 1.54) is 24.5 Å². The molecule has 0 amide bonds. The predicted octanol–water partition coefficient (Wildman–Crippen LogP) is 3.88. The quantitative estimate of drug-likeness (QED) is 0.696. The minimum atomic E-state index is -0.332. The number of hydrogen-bond donors (Lipinski definition) is 0. The van der Waals surface area contributed by atoms with E-state index in [2.05, 4.69) is 19.8 Å². The Morgan fingerprint density at radius 1 is 1.00 bits per heavy atom. The second-order valence-electron chi connectivity index (χ2n) is 6.33. The van der Waals surface area contributed by atoms with Crippen LogP contribution in [-0.4, -0.2) is 41.0 Å². The summed E-state index contributed by atoms with van der Waals surface area (Å²) in [5.41, 5.74) is 1.51. The average molecular weight is 375 g/mol. The summed E-state index contributed by atoms with van der Waals surface area (Å²) in [7, 11) is 0. The molecule has 1 fully saturated rings.